The molecule has 2 amide bonds. The summed E-state index contributed by atoms with van der Waals surface area (Å²) >= 11 is 0. The first-order chi connectivity index (χ1) is 24.6. The van der Waals surface area contributed by atoms with E-state index in [4.69, 9.17) is 14.6 Å². The van der Waals surface area contributed by atoms with Gasteiger partial charge in [-0.25, -0.2) is 4.98 Å². The molecule has 0 aromatic carbocycles. The highest BCUT2D eigenvalue weighted by Gasteiger charge is 2.49. The lowest BCUT2D eigenvalue weighted by molar-refractivity contribution is -0.125. The molecule has 15 heteroatoms. The molecule has 0 bridgehead atoms. The van der Waals surface area contributed by atoms with Crippen LogP contribution in [0.15, 0.2) is 34.1 Å². The van der Waals surface area contributed by atoms with Crippen molar-refractivity contribution in [1.29, 1.82) is 0 Å². The van der Waals surface area contributed by atoms with Crippen LogP contribution in [-0.4, -0.2) is 91.7 Å². The van der Waals surface area contributed by atoms with Gasteiger partial charge in [-0.2, -0.15) is 0 Å². The standard InChI is InChI=1S/C36H43N9O6/c1-5-23-30(42-13-14-43(25-8-7-24(25)42)35(49)28-31(47)20(2)18-38-34(28)51-4)32(48)29-33(41-45(40-29)22-9-12-37-27(15-22)50-3)44(23)19-26(46)39-21-16-36(17-21)10-6-11-36/h9,12,15,18,21,24-25H,5-8,10-11,13-14,16-17,19H2,1-4H3,(H,38,47)(H,39,46)/t24-,25-/m0/s1. The number of piperazine rings is 1. The van der Waals surface area contributed by atoms with Crippen LogP contribution in [0.5, 0.6) is 11.8 Å². The fourth-order valence-electron chi connectivity index (χ4n) is 8.67. The normalized spacial score (nSPS) is 20.7. The highest BCUT2D eigenvalue weighted by Crippen LogP contribution is 2.55. The number of carbonyl (C=O) groups excluding carboxylic acids is 2. The number of hydrogen-bond acceptors (Lipinski definition) is 10. The molecule has 4 fully saturated rings. The van der Waals surface area contributed by atoms with Gasteiger partial charge in [0.2, 0.25) is 28.5 Å². The quantitative estimate of drug-likeness (QED) is 0.265. The molecule has 1 aliphatic heterocycles. The second-order valence-corrected chi connectivity index (χ2v) is 14.4. The summed E-state index contributed by atoms with van der Waals surface area (Å²) in [6, 6.07) is 3.17. The Bertz CT molecular complexity index is 2160. The molecule has 3 saturated carbocycles. The van der Waals surface area contributed by atoms with E-state index in [1.54, 1.807) is 30.2 Å². The number of anilines is 1. The van der Waals surface area contributed by atoms with Crippen LogP contribution in [0, 0.1) is 12.3 Å². The van der Waals surface area contributed by atoms with Gasteiger partial charge in [-0.1, -0.05) is 13.3 Å². The Hall–Kier alpha value is -5.21. The fraction of sp³-hybridized carbons (Fsp3) is 0.528. The van der Waals surface area contributed by atoms with Crippen LogP contribution in [0.4, 0.5) is 5.69 Å². The molecule has 2 atom stereocenters. The molecule has 0 radical (unpaired) electrons. The number of H-pyrrole nitrogens is 1. The summed E-state index contributed by atoms with van der Waals surface area (Å²) in [5, 5.41) is 12.7. The van der Waals surface area contributed by atoms with Crippen molar-refractivity contribution >= 4 is 28.7 Å². The van der Waals surface area contributed by atoms with E-state index in [1.165, 1.54) is 44.5 Å². The zero-order valence-electron chi connectivity index (χ0n) is 29.4. The maximum Gasteiger partial charge on any atom is 0.263 e. The predicted molar refractivity (Wildman–Crippen MR) is 188 cm³/mol. The topological polar surface area (TPSA) is 170 Å². The van der Waals surface area contributed by atoms with Crippen LogP contribution in [0.25, 0.3) is 16.9 Å². The highest BCUT2D eigenvalue weighted by atomic mass is 16.5. The number of ether oxygens (including phenoxy) is 2. The molecule has 4 aliphatic rings. The first-order valence-corrected chi connectivity index (χ1v) is 17.8. The first-order valence-electron chi connectivity index (χ1n) is 17.8. The predicted octanol–water partition coefficient (Wildman–Crippen LogP) is 2.50. The van der Waals surface area contributed by atoms with E-state index in [2.05, 4.69) is 25.3 Å². The van der Waals surface area contributed by atoms with Gasteiger partial charge in [0.05, 0.1) is 25.9 Å². The number of nitrogens with one attached hydrogen (secondary N) is 2. The molecule has 0 unspecified atom stereocenters. The van der Waals surface area contributed by atoms with Gasteiger partial charge in [0.25, 0.3) is 5.91 Å². The van der Waals surface area contributed by atoms with Gasteiger partial charge >= 0.3 is 0 Å². The van der Waals surface area contributed by atoms with Crippen molar-refractivity contribution in [3.05, 3.63) is 61.8 Å². The van der Waals surface area contributed by atoms with Crippen LogP contribution in [0.2, 0.25) is 0 Å². The number of aromatic nitrogens is 6. The summed E-state index contributed by atoms with van der Waals surface area (Å²) in [6.45, 7) is 4.27. The molecule has 5 heterocycles. The Labute approximate surface area is 293 Å². The number of fused-ring (bicyclic) bond motifs is 2. The number of hydrogen-bond donors (Lipinski definition) is 2. The van der Waals surface area contributed by atoms with Crippen molar-refractivity contribution in [2.24, 2.45) is 5.41 Å². The van der Waals surface area contributed by atoms with Crippen LogP contribution in [-0.2, 0) is 17.8 Å². The molecule has 3 aliphatic carbocycles. The third kappa shape index (κ3) is 5.35. The molecule has 268 valence electrons. The van der Waals surface area contributed by atoms with E-state index in [0.29, 0.717) is 59.1 Å². The summed E-state index contributed by atoms with van der Waals surface area (Å²) in [5.74, 6) is -0.0127. The van der Waals surface area contributed by atoms with Crippen molar-refractivity contribution in [2.75, 3.05) is 32.2 Å². The zero-order chi connectivity index (χ0) is 35.6. The maximum absolute atomic E-state index is 14.6. The third-order valence-electron chi connectivity index (χ3n) is 11.6. The first kappa shape index (κ1) is 33.0. The SMILES string of the molecule is CCc1c(N2CCN(C(=O)c3c(OC)[nH]cc(C)c3=O)[C@H]3CC[C@@H]32)c(=O)c2nn(-c3ccnc(OC)c3)nc2n1CC(=O)NC1CC2(CCC2)C1. The largest absolute Gasteiger partial charge is 0.482 e. The van der Waals surface area contributed by atoms with Crippen LogP contribution in [0.1, 0.15) is 73.5 Å². The van der Waals surface area contributed by atoms with Gasteiger partial charge in [-0.3, -0.25) is 19.2 Å². The number of pyridine rings is 3. The second kappa shape index (κ2) is 12.5. The number of carbonyl (C=O) groups is 2. The number of aryl methyl sites for hydroxylation is 1. The minimum Gasteiger partial charge on any atom is -0.482 e. The zero-order valence-corrected chi connectivity index (χ0v) is 29.4. The van der Waals surface area contributed by atoms with E-state index < -0.39 is 0 Å². The highest BCUT2D eigenvalue weighted by molar-refractivity contribution is 5.97. The summed E-state index contributed by atoms with van der Waals surface area (Å²) in [6.07, 6.45) is 10.8. The van der Waals surface area contributed by atoms with Gasteiger partial charge in [0.1, 0.15) is 17.8 Å². The van der Waals surface area contributed by atoms with E-state index in [-0.39, 0.29) is 64.3 Å². The molecule has 51 heavy (non-hydrogen) atoms. The molecule has 1 saturated heterocycles. The van der Waals surface area contributed by atoms with Crippen molar-refractivity contribution in [3.8, 4) is 17.4 Å². The van der Waals surface area contributed by atoms with Crippen molar-refractivity contribution in [2.45, 2.75) is 89.9 Å². The van der Waals surface area contributed by atoms with Gasteiger partial charge in [-0.05, 0) is 63.4 Å². The number of rotatable bonds is 9. The number of methoxy groups -OCH3 is 2. The van der Waals surface area contributed by atoms with E-state index in [0.717, 1.165) is 25.7 Å². The van der Waals surface area contributed by atoms with Crippen molar-refractivity contribution < 1.29 is 19.1 Å². The smallest absolute Gasteiger partial charge is 0.263 e. The summed E-state index contributed by atoms with van der Waals surface area (Å²) in [4.78, 5) is 67.7. The van der Waals surface area contributed by atoms with Gasteiger partial charge < -0.3 is 34.1 Å². The molecular formula is C36H43N9O6. The summed E-state index contributed by atoms with van der Waals surface area (Å²) in [5.41, 5.74) is 2.36. The summed E-state index contributed by atoms with van der Waals surface area (Å²) < 4.78 is 12.5. The number of aromatic amines is 1. The molecule has 8 rings (SSSR count). The monoisotopic (exact) mass is 697 g/mol. The maximum atomic E-state index is 14.6. The second-order valence-electron chi connectivity index (χ2n) is 14.4. The average molecular weight is 698 g/mol. The Morgan fingerprint density at radius 3 is 2.51 bits per heavy atom. The van der Waals surface area contributed by atoms with Crippen LogP contribution < -0.4 is 30.5 Å². The van der Waals surface area contributed by atoms with Crippen LogP contribution in [0.3, 0.4) is 0 Å². The fourth-order valence-corrected chi connectivity index (χ4v) is 8.67. The van der Waals surface area contributed by atoms with Crippen LogP contribution >= 0.6 is 0 Å². The average Bonchev–Trinajstić information content (AvgIpc) is 3.54. The molecule has 1 spiro atoms. The molecule has 2 N–H and O–H groups in total. The van der Waals surface area contributed by atoms with Gasteiger partial charge in [0.15, 0.2) is 11.2 Å². The minimum absolute atomic E-state index is 0.0142. The van der Waals surface area contributed by atoms with Crippen molar-refractivity contribution in [3.63, 3.8) is 0 Å². The van der Waals surface area contributed by atoms with Crippen molar-refractivity contribution in [1.82, 2.24) is 39.7 Å². The lowest BCUT2D eigenvalue weighted by Crippen LogP contribution is -2.67. The Morgan fingerprint density at radius 1 is 1.06 bits per heavy atom. The number of nitrogens with zero attached hydrogens (tertiary/aromatic N) is 7. The van der Waals surface area contributed by atoms with Gasteiger partial charge in [-0.15, -0.1) is 15.0 Å². The van der Waals surface area contributed by atoms with E-state index in [1.807, 2.05) is 11.5 Å². The third-order valence-corrected chi connectivity index (χ3v) is 11.6. The minimum atomic E-state index is -0.387. The molecule has 4 aromatic rings. The van der Waals surface area contributed by atoms with E-state index >= 15 is 0 Å². The molecule has 15 nitrogen and oxygen atoms in total. The lowest BCUT2D eigenvalue weighted by Gasteiger charge is -2.54. The number of amides is 2. The Morgan fingerprint density at radius 2 is 1.84 bits per heavy atom. The van der Waals surface area contributed by atoms with Gasteiger partial charge in [0, 0.05) is 54.9 Å². The Balaban J connectivity index is 1.17. The molecule has 4 aromatic heterocycles. The lowest BCUT2D eigenvalue weighted by atomic mass is 9.54. The summed E-state index contributed by atoms with van der Waals surface area (Å²) in [7, 11) is 2.94. The Kier molecular flexibility index (Phi) is 8.10. The molecular weight excluding hydrogens is 654 g/mol. The van der Waals surface area contributed by atoms with E-state index in [9.17, 15) is 19.2 Å².